The lowest BCUT2D eigenvalue weighted by atomic mass is 10.2. The van der Waals surface area contributed by atoms with Crippen molar-refractivity contribution in [2.24, 2.45) is 0 Å². The molecule has 0 aromatic carbocycles. The topological polar surface area (TPSA) is 77.8 Å². The second kappa shape index (κ2) is 4.11. The lowest BCUT2D eigenvalue weighted by molar-refractivity contribution is -0.146. The van der Waals surface area contributed by atoms with Crippen molar-refractivity contribution in [3.05, 3.63) is 0 Å². The van der Waals surface area contributed by atoms with Gasteiger partial charge in [0.1, 0.15) is 6.04 Å². The number of nitrogens with zero attached hydrogens (tertiary/aromatic N) is 1. The van der Waals surface area contributed by atoms with Gasteiger partial charge in [0.2, 0.25) is 0 Å². The van der Waals surface area contributed by atoms with Crippen molar-refractivity contribution in [2.45, 2.75) is 25.5 Å². The largest absolute Gasteiger partial charge is 0.480 e. The Morgan fingerprint density at radius 1 is 1.50 bits per heavy atom. The molecule has 2 atom stereocenters. The first-order valence-corrected chi connectivity index (χ1v) is 4.20. The second-order valence-corrected chi connectivity index (χ2v) is 3.08. The van der Waals surface area contributed by atoms with Gasteiger partial charge in [-0.25, -0.2) is 4.79 Å². The lowest BCUT2D eigenvalue weighted by Crippen LogP contribution is -2.39. The molecule has 76 valence electrons. The molecule has 0 aromatic rings. The third kappa shape index (κ3) is 2.03. The van der Waals surface area contributed by atoms with E-state index in [-0.39, 0.29) is 13.0 Å². The number of carbonyl (C=O) groups excluding carboxylic acids is 1. The van der Waals surface area contributed by atoms with Crippen LogP contribution in [-0.2, 0) is 9.59 Å². The molecule has 0 saturated carbocycles. The molecule has 5 nitrogen and oxygen atoms in total. The lowest BCUT2D eigenvalue weighted by Gasteiger charge is -2.17. The average Bonchev–Trinajstić information content (AvgIpc) is 2.48. The second-order valence-electron chi connectivity index (χ2n) is 3.08. The monoisotopic (exact) mass is 197 g/mol. The Kier molecular flexibility index (Phi) is 3.10. The summed E-state index contributed by atoms with van der Waals surface area (Å²) in [5.41, 5.74) is 0. The summed E-state index contributed by atoms with van der Waals surface area (Å²) >= 11 is 0. The number of carbonyl (C=O) groups is 2. The molecule has 14 heavy (non-hydrogen) atoms. The third-order valence-corrected chi connectivity index (χ3v) is 2.06. The van der Waals surface area contributed by atoms with Crippen molar-refractivity contribution >= 4 is 11.9 Å². The summed E-state index contributed by atoms with van der Waals surface area (Å²) in [5, 5.41) is 18.0. The van der Waals surface area contributed by atoms with E-state index in [1.807, 2.05) is 0 Å². The molecule has 1 saturated heterocycles. The highest BCUT2D eigenvalue weighted by Crippen LogP contribution is 2.17. The Morgan fingerprint density at radius 3 is 2.64 bits per heavy atom. The van der Waals surface area contributed by atoms with Crippen molar-refractivity contribution in [1.82, 2.24) is 4.90 Å². The van der Waals surface area contributed by atoms with Crippen LogP contribution in [0.4, 0.5) is 0 Å². The highest BCUT2D eigenvalue weighted by Gasteiger charge is 2.38. The van der Waals surface area contributed by atoms with Crippen LogP contribution in [0.25, 0.3) is 0 Å². The normalized spacial score (nSPS) is 25.4. The molecule has 1 aliphatic heterocycles. The number of β-amino-alcohol motifs (C(OH)–C–C–N with tert-alkyl or cyclic N) is 1. The van der Waals surface area contributed by atoms with Crippen molar-refractivity contribution in [2.75, 3.05) is 6.54 Å². The average molecular weight is 197 g/mol. The number of hydrogen-bond donors (Lipinski definition) is 2. The summed E-state index contributed by atoms with van der Waals surface area (Å²) < 4.78 is 0. The molecule has 1 amide bonds. The molecule has 1 fully saturated rings. The Labute approximate surface area is 81.3 Å². The van der Waals surface area contributed by atoms with Gasteiger partial charge in [-0.3, -0.25) is 4.79 Å². The zero-order chi connectivity index (χ0) is 10.7. The van der Waals surface area contributed by atoms with E-state index in [0.29, 0.717) is 0 Å². The van der Waals surface area contributed by atoms with E-state index in [9.17, 15) is 14.7 Å². The SMILES string of the molecule is CC#CC(=O)N1CC(O)C[C@H]1C(=O)O. The molecule has 0 radical (unpaired) electrons. The van der Waals surface area contributed by atoms with Crippen LogP contribution in [0.3, 0.4) is 0 Å². The van der Waals surface area contributed by atoms with E-state index in [2.05, 4.69) is 11.8 Å². The van der Waals surface area contributed by atoms with Crippen LogP contribution in [0.15, 0.2) is 0 Å². The first-order valence-electron chi connectivity index (χ1n) is 4.20. The molecule has 1 aliphatic rings. The van der Waals surface area contributed by atoms with Crippen LogP contribution in [-0.4, -0.2) is 45.7 Å². The van der Waals surface area contributed by atoms with E-state index < -0.39 is 24.0 Å². The van der Waals surface area contributed by atoms with E-state index in [0.717, 1.165) is 4.90 Å². The zero-order valence-corrected chi connectivity index (χ0v) is 7.73. The third-order valence-electron chi connectivity index (χ3n) is 2.06. The minimum absolute atomic E-state index is 0.0461. The van der Waals surface area contributed by atoms with Crippen molar-refractivity contribution in [1.29, 1.82) is 0 Å². The summed E-state index contributed by atoms with van der Waals surface area (Å²) in [7, 11) is 0. The predicted octanol–water partition coefficient (Wildman–Crippen LogP) is -0.944. The Hall–Kier alpha value is -1.54. The van der Waals surface area contributed by atoms with Gasteiger partial charge >= 0.3 is 5.97 Å². The summed E-state index contributed by atoms with van der Waals surface area (Å²) in [6, 6.07) is -0.946. The van der Waals surface area contributed by atoms with Gasteiger partial charge in [0.05, 0.1) is 6.10 Å². The molecular formula is C9H11NO4. The van der Waals surface area contributed by atoms with Gasteiger partial charge in [0.25, 0.3) is 5.91 Å². The zero-order valence-electron chi connectivity index (χ0n) is 7.73. The standard InChI is InChI=1S/C9H11NO4/c1-2-3-8(12)10-5-6(11)4-7(10)9(13)14/h6-7,11H,4-5H2,1H3,(H,13,14)/t6?,7-/m0/s1. The van der Waals surface area contributed by atoms with Crippen molar-refractivity contribution in [3.8, 4) is 11.8 Å². The van der Waals surface area contributed by atoms with Crippen LogP contribution < -0.4 is 0 Å². The van der Waals surface area contributed by atoms with Gasteiger partial charge in [0.15, 0.2) is 0 Å². The summed E-state index contributed by atoms with van der Waals surface area (Å²) in [6.07, 6.45) is -0.689. The van der Waals surface area contributed by atoms with Gasteiger partial charge in [-0.05, 0) is 12.8 Å². The molecule has 1 heterocycles. The van der Waals surface area contributed by atoms with Crippen LogP contribution in [0.2, 0.25) is 0 Å². The highest BCUT2D eigenvalue weighted by atomic mass is 16.4. The minimum atomic E-state index is -1.10. The molecule has 0 aromatic heterocycles. The smallest absolute Gasteiger partial charge is 0.326 e. The first kappa shape index (κ1) is 10.5. The number of aliphatic carboxylic acids is 1. The number of carboxylic acids is 1. The van der Waals surface area contributed by atoms with E-state index >= 15 is 0 Å². The number of rotatable bonds is 1. The predicted molar refractivity (Wildman–Crippen MR) is 47.2 cm³/mol. The van der Waals surface area contributed by atoms with Crippen molar-refractivity contribution < 1.29 is 19.8 Å². The minimum Gasteiger partial charge on any atom is -0.480 e. The van der Waals surface area contributed by atoms with Gasteiger partial charge in [-0.1, -0.05) is 5.92 Å². The molecule has 0 bridgehead atoms. The van der Waals surface area contributed by atoms with Gasteiger partial charge < -0.3 is 15.1 Å². The summed E-state index contributed by atoms with van der Waals surface area (Å²) in [5.74, 6) is 3.01. The fraction of sp³-hybridized carbons (Fsp3) is 0.556. The van der Waals surface area contributed by atoms with Crippen LogP contribution in [0, 0.1) is 11.8 Å². The fourth-order valence-electron chi connectivity index (χ4n) is 1.45. The van der Waals surface area contributed by atoms with E-state index in [1.165, 1.54) is 6.92 Å². The maximum absolute atomic E-state index is 11.3. The van der Waals surface area contributed by atoms with Crippen molar-refractivity contribution in [3.63, 3.8) is 0 Å². The van der Waals surface area contributed by atoms with Crippen LogP contribution in [0.1, 0.15) is 13.3 Å². The van der Waals surface area contributed by atoms with Crippen LogP contribution >= 0.6 is 0 Å². The Bertz CT molecular complexity index is 315. The molecule has 5 heteroatoms. The first-order chi connectivity index (χ1) is 6.56. The fourth-order valence-corrected chi connectivity index (χ4v) is 1.45. The van der Waals surface area contributed by atoms with E-state index in [4.69, 9.17) is 5.11 Å². The Morgan fingerprint density at radius 2 is 2.14 bits per heavy atom. The molecule has 1 rings (SSSR count). The number of amides is 1. The molecule has 0 spiro atoms. The van der Waals surface area contributed by atoms with Gasteiger partial charge in [0, 0.05) is 13.0 Å². The summed E-state index contributed by atoms with van der Waals surface area (Å²) in [6.45, 7) is 1.55. The van der Waals surface area contributed by atoms with Crippen LogP contribution in [0.5, 0.6) is 0 Å². The maximum atomic E-state index is 11.3. The number of aliphatic hydroxyl groups is 1. The number of likely N-dealkylation sites (tertiary alicyclic amines) is 1. The van der Waals surface area contributed by atoms with E-state index in [1.54, 1.807) is 0 Å². The summed E-state index contributed by atoms with van der Waals surface area (Å²) in [4.78, 5) is 23.1. The maximum Gasteiger partial charge on any atom is 0.326 e. The Balaban J connectivity index is 2.79. The number of aliphatic hydroxyl groups excluding tert-OH is 1. The molecule has 1 unspecified atom stereocenters. The molecule has 2 N–H and O–H groups in total. The number of carboxylic acid groups (broad SMARTS) is 1. The quantitative estimate of drug-likeness (QED) is 0.531. The molecular weight excluding hydrogens is 186 g/mol. The van der Waals surface area contributed by atoms with Gasteiger partial charge in [-0.2, -0.15) is 0 Å². The number of hydrogen-bond acceptors (Lipinski definition) is 3. The van der Waals surface area contributed by atoms with Gasteiger partial charge in [-0.15, -0.1) is 0 Å². The molecule has 0 aliphatic carbocycles. The highest BCUT2D eigenvalue weighted by molar-refractivity contribution is 5.96.